The highest BCUT2D eigenvalue weighted by Gasteiger charge is 2.35. The van der Waals surface area contributed by atoms with Gasteiger partial charge in [0.2, 0.25) is 11.8 Å². The van der Waals surface area contributed by atoms with Gasteiger partial charge in [-0.15, -0.1) is 11.8 Å². The van der Waals surface area contributed by atoms with Crippen LogP contribution < -0.4 is 10.2 Å². The lowest BCUT2D eigenvalue weighted by molar-refractivity contribution is -0.119. The first-order valence-electron chi connectivity index (χ1n) is 10.2. The molecule has 1 atom stereocenters. The number of thioether (sulfide) groups is 1. The van der Waals surface area contributed by atoms with Crippen LogP contribution in [0, 0.1) is 12.7 Å². The van der Waals surface area contributed by atoms with Crippen LogP contribution >= 0.6 is 11.8 Å². The molecule has 0 bridgehead atoms. The summed E-state index contributed by atoms with van der Waals surface area (Å²) in [7, 11) is 0. The predicted octanol–water partition coefficient (Wildman–Crippen LogP) is 3.22. The molecule has 1 saturated heterocycles. The predicted molar refractivity (Wildman–Crippen MR) is 120 cm³/mol. The number of halogens is 1. The van der Waals surface area contributed by atoms with Gasteiger partial charge >= 0.3 is 5.97 Å². The lowest BCUT2D eigenvalue weighted by Crippen LogP contribution is -2.28. The van der Waals surface area contributed by atoms with Gasteiger partial charge in [0.15, 0.2) is 0 Å². The van der Waals surface area contributed by atoms with E-state index in [9.17, 15) is 18.8 Å². The Morgan fingerprint density at radius 3 is 2.59 bits per heavy atom. The molecule has 0 aromatic heterocycles. The van der Waals surface area contributed by atoms with Gasteiger partial charge in [0, 0.05) is 19.2 Å². The van der Waals surface area contributed by atoms with Crippen molar-refractivity contribution in [2.45, 2.75) is 19.2 Å². The number of esters is 1. The molecule has 1 fully saturated rings. The maximum atomic E-state index is 13.3. The Hall–Kier alpha value is -2.91. The van der Waals surface area contributed by atoms with Crippen LogP contribution in [0.5, 0.6) is 0 Å². The highest BCUT2D eigenvalue weighted by molar-refractivity contribution is 8.00. The lowest BCUT2D eigenvalue weighted by atomic mass is 10.1. The fraction of sp³-hybridized carbons (Fsp3) is 0.348. The van der Waals surface area contributed by atoms with Gasteiger partial charge in [-0.05, 0) is 48.4 Å². The average Bonchev–Trinajstić information content (AvgIpc) is 3.14. The zero-order valence-electron chi connectivity index (χ0n) is 17.9. The van der Waals surface area contributed by atoms with Crippen LogP contribution in [0.1, 0.15) is 33.8 Å². The highest BCUT2D eigenvalue weighted by atomic mass is 32.2. The Morgan fingerprint density at radius 2 is 1.91 bits per heavy atom. The van der Waals surface area contributed by atoms with Gasteiger partial charge in [-0.1, -0.05) is 12.1 Å². The van der Waals surface area contributed by atoms with Crippen molar-refractivity contribution >= 4 is 35.2 Å². The standard InChI is InChI=1S/C23H25FN2O5S/c1-15-13-18(23(29)31-12-11-30-10-9-25-16(2)27)5-8-20(15)26-21(28)14-32-22(26)17-3-6-19(24)7-4-17/h3-8,13,22H,9-12,14H2,1-2H3,(H,25,27). The summed E-state index contributed by atoms with van der Waals surface area (Å²) >= 11 is 1.48. The van der Waals surface area contributed by atoms with E-state index in [4.69, 9.17) is 9.47 Å². The summed E-state index contributed by atoms with van der Waals surface area (Å²) in [5, 5.41) is 2.35. The Bertz CT molecular complexity index is 983. The number of benzene rings is 2. The molecule has 170 valence electrons. The van der Waals surface area contributed by atoms with E-state index in [-0.39, 0.29) is 36.2 Å². The van der Waals surface area contributed by atoms with Crippen molar-refractivity contribution in [3.05, 3.63) is 65.0 Å². The molecule has 2 aromatic rings. The molecule has 2 amide bonds. The minimum Gasteiger partial charge on any atom is -0.460 e. The van der Waals surface area contributed by atoms with Crippen molar-refractivity contribution in [2.75, 3.05) is 37.0 Å². The molecule has 7 nitrogen and oxygen atoms in total. The molecule has 0 saturated carbocycles. The number of nitrogens with one attached hydrogen (secondary N) is 1. The van der Waals surface area contributed by atoms with Crippen molar-refractivity contribution in [3.63, 3.8) is 0 Å². The van der Waals surface area contributed by atoms with Gasteiger partial charge in [-0.25, -0.2) is 9.18 Å². The molecule has 1 heterocycles. The van der Waals surface area contributed by atoms with E-state index in [2.05, 4.69) is 5.32 Å². The smallest absolute Gasteiger partial charge is 0.338 e. The van der Waals surface area contributed by atoms with Gasteiger partial charge in [0.05, 0.1) is 24.5 Å². The highest BCUT2D eigenvalue weighted by Crippen LogP contribution is 2.42. The molecule has 3 rings (SSSR count). The average molecular weight is 461 g/mol. The molecule has 32 heavy (non-hydrogen) atoms. The van der Waals surface area contributed by atoms with E-state index < -0.39 is 5.97 Å². The fourth-order valence-corrected chi connectivity index (χ4v) is 4.46. The number of hydrogen-bond donors (Lipinski definition) is 1. The first kappa shape index (κ1) is 23.7. The summed E-state index contributed by atoms with van der Waals surface area (Å²) < 4.78 is 23.8. The minimum atomic E-state index is -0.484. The normalized spacial score (nSPS) is 15.7. The Kier molecular flexibility index (Phi) is 8.24. The summed E-state index contributed by atoms with van der Waals surface area (Å²) in [5.41, 5.74) is 2.67. The van der Waals surface area contributed by atoms with Crippen LogP contribution in [0.3, 0.4) is 0 Å². The summed E-state index contributed by atoms with van der Waals surface area (Å²) in [6, 6.07) is 11.2. The van der Waals surface area contributed by atoms with Gasteiger partial charge < -0.3 is 14.8 Å². The van der Waals surface area contributed by atoms with Crippen LogP contribution in [0.4, 0.5) is 10.1 Å². The number of ether oxygens (including phenoxy) is 2. The van der Waals surface area contributed by atoms with Crippen LogP contribution in [-0.2, 0) is 19.1 Å². The molecule has 9 heteroatoms. The number of aryl methyl sites for hydroxylation is 1. The number of carbonyl (C=O) groups excluding carboxylic acids is 3. The second-order valence-electron chi connectivity index (χ2n) is 7.21. The maximum Gasteiger partial charge on any atom is 0.338 e. The minimum absolute atomic E-state index is 0.0424. The fourth-order valence-electron chi connectivity index (χ4n) is 3.29. The van der Waals surface area contributed by atoms with Gasteiger partial charge in [0.1, 0.15) is 17.8 Å². The third-order valence-corrected chi connectivity index (χ3v) is 6.01. The van der Waals surface area contributed by atoms with Crippen molar-refractivity contribution in [3.8, 4) is 0 Å². The molecule has 1 aliphatic heterocycles. The number of amides is 2. The Morgan fingerprint density at radius 1 is 1.16 bits per heavy atom. The number of anilines is 1. The molecular weight excluding hydrogens is 435 g/mol. The van der Waals surface area contributed by atoms with Crippen LogP contribution in [0.2, 0.25) is 0 Å². The van der Waals surface area contributed by atoms with E-state index >= 15 is 0 Å². The van der Waals surface area contributed by atoms with Crippen molar-refractivity contribution in [1.29, 1.82) is 0 Å². The largest absolute Gasteiger partial charge is 0.460 e. The summed E-state index contributed by atoms with van der Waals surface area (Å²) in [5.74, 6) is -0.655. The second kappa shape index (κ2) is 11.1. The number of nitrogens with zero attached hydrogens (tertiary/aromatic N) is 1. The van der Waals surface area contributed by atoms with Crippen molar-refractivity contribution in [1.82, 2.24) is 5.32 Å². The summed E-state index contributed by atoms with van der Waals surface area (Å²) in [6.07, 6.45) is 0. The van der Waals surface area contributed by atoms with Crippen LogP contribution in [0.15, 0.2) is 42.5 Å². The van der Waals surface area contributed by atoms with Crippen molar-refractivity contribution < 1.29 is 28.2 Å². The lowest BCUT2D eigenvalue weighted by Gasteiger charge is -2.26. The van der Waals surface area contributed by atoms with Crippen LogP contribution in [0.25, 0.3) is 0 Å². The van der Waals surface area contributed by atoms with Gasteiger partial charge in [-0.3, -0.25) is 14.5 Å². The van der Waals surface area contributed by atoms with E-state index in [0.717, 1.165) is 11.1 Å². The third-order valence-electron chi connectivity index (χ3n) is 4.80. The zero-order chi connectivity index (χ0) is 23.1. The quantitative estimate of drug-likeness (QED) is 0.457. The molecular formula is C23H25FN2O5S. The van der Waals surface area contributed by atoms with Crippen molar-refractivity contribution in [2.24, 2.45) is 0 Å². The number of hydrogen-bond acceptors (Lipinski definition) is 6. The van der Waals surface area contributed by atoms with E-state index in [1.807, 2.05) is 6.92 Å². The molecule has 1 unspecified atom stereocenters. The van der Waals surface area contributed by atoms with Crippen LogP contribution in [-0.4, -0.2) is 49.9 Å². The Balaban J connectivity index is 1.60. The van der Waals surface area contributed by atoms with E-state index in [0.29, 0.717) is 30.2 Å². The second-order valence-corrected chi connectivity index (χ2v) is 8.28. The molecule has 1 N–H and O–H groups in total. The molecule has 2 aromatic carbocycles. The Labute approximate surface area is 190 Å². The van der Waals surface area contributed by atoms with Gasteiger partial charge in [-0.2, -0.15) is 0 Å². The molecule has 0 radical (unpaired) electrons. The molecule has 0 spiro atoms. The number of carbonyl (C=O) groups is 3. The zero-order valence-corrected chi connectivity index (χ0v) is 18.7. The first-order valence-corrected chi connectivity index (χ1v) is 11.2. The topological polar surface area (TPSA) is 84.9 Å². The molecule has 1 aliphatic rings. The summed E-state index contributed by atoms with van der Waals surface area (Å²) in [4.78, 5) is 37.4. The monoisotopic (exact) mass is 460 g/mol. The summed E-state index contributed by atoms with van der Waals surface area (Å²) in [6.45, 7) is 4.30. The first-order chi connectivity index (χ1) is 15.4. The SMILES string of the molecule is CC(=O)NCCOCCOC(=O)c1ccc(N2C(=O)CSC2c2ccc(F)cc2)c(C)c1. The van der Waals surface area contributed by atoms with Gasteiger partial charge in [0.25, 0.3) is 0 Å². The maximum absolute atomic E-state index is 13.3. The molecule has 0 aliphatic carbocycles. The van der Waals surface area contributed by atoms with E-state index in [1.54, 1.807) is 35.2 Å². The number of rotatable bonds is 9. The third kappa shape index (κ3) is 6.08. The van der Waals surface area contributed by atoms with E-state index in [1.165, 1.54) is 30.8 Å².